The summed E-state index contributed by atoms with van der Waals surface area (Å²) in [5.74, 6) is 2.08. The SMILES string of the molecule is CSc1cc(F)c2c(ccn2-c2ccc(OC3CCN(c4nc(C(C)C)no4)CC3)cn2)c1. The highest BCUT2D eigenvalue weighted by atomic mass is 32.2. The Hall–Kier alpha value is -3.07. The Morgan fingerprint density at radius 3 is 2.67 bits per heavy atom. The summed E-state index contributed by atoms with van der Waals surface area (Å²) in [5, 5.41) is 4.90. The summed E-state index contributed by atoms with van der Waals surface area (Å²) in [7, 11) is 0. The van der Waals surface area contributed by atoms with Crippen molar-refractivity contribution in [3.8, 4) is 11.6 Å². The summed E-state index contributed by atoms with van der Waals surface area (Å²) < 4.78 is 28.0. The molecular formula is C24H26FN5O2S. The summed E-state index contributed by atoms with van der Waals surface area (Å²) in [6.45, 7) is 5.68. The first-order valence-electron chi connectivity index (χ1n) is 11.1. The summed E-state index contributed by atoms with van der Waals surface area (Å²) in [6.07, 6.45) is 7.29. The number of piperidine rings is 1. The highest BCUT2D eigenvalue weighted by Crippen LogP contribution is 2.29. The molecule has 0 bridgehead atoms. The van der Waals surface area contributed by atoms with Crippen LogP contribution in [-0.4, -0.2) is 45.1 Å². The number of rotatable bonds is 6. The van der Waals surface area contributed by atoms with Gasteiger partial charge in [0.2, 0.25) is 0 Å². The van der Waals surface area contributed by atoms with Gasteiger partial charge in [-0.1, -0.05) is 19.0 Å². The maximum absolute atomic E-state index is 14.7. The Morgan fingerprint density at radius 1 is 1.18 bits per heavy atom. The Labute approximate surface area is 195 Å². The molecule has 9 heteroatoms. The van der Waals surface area contributed by atoms with E-state index >= 15 is 0 Å². The molecule has 0 N–H and O–H groups in total. The maximum atomic E-state index is 14.7. The van der Waals surface area contributed by atoms with Crippen molar-refractivity contribution in [1.29, 1.82) is 0 Å². The van der Waals surface area contributed by atoms with E-state index in [1.165, 1.54) is 11.8 Å². The predicted octanol–water partition coefficient (Wildman–Crippen LogP) is 5.44. The Balaban J connectivity index is 1.23. The van der Waals surface area contributed by atoms with Crippen LogP contribution in [-0.2, 0) is 0 Å². The second-order valence-corrected chi connectivity index (χ2v) is 9.36. The molecule has 1 aromatic carbocycles. The lowest BCUT2D eigenvalue weighted by molar-refractivity contribution is 0.168. The average molecular weight is 468 g/mol. The molecule has 172 valence electrons. The van der Waals surface area contributed by atoms with E-state index in [0.29, 0.717) is 23.1 Å². The molecule has 33 heavy (non-hydrogen) atoms. The summed E-state index contributed by atoms with van der Waals surface area (Å²) in [5.41, 5.74) is 0.531. The van der Waals surface area contributed by atoms with Gasteiger partial charge in [0.15, 0.2) is 5.82 Å². The van der Waals surface area contributed by atoms with Gasteiger partial charge in [0.05, 0.1) is 11.7 Å². The molecular weight excluding hydrogens is 441 g/mol. The quantitative estimate of drug-likeness (QED) is 0.350. The zero-order valence-corrected chi connectivity index (χ0v) is 19.7. The fourth-order valence-electron chi connectivity index (χ4n) is 4.05. The third-order valence-electron chi connectivity index (χ3n) is 5.88. The lowest BCUT2D eigenvalue weighted by Gasteiger charge is -2.30. The summed E-state index contributed by atoms with van der Waals surface area (Å²) in [6, 6.07) is 9.79. The van der Waals surface area contributed by atoms with Crippen molar-refractivity contribution in [2.75, 3.05) is 24.2 Å². The average Bonchev–Trinajstić information content (AvgIpc) is 3.48. The van der Waals surface area contributed by atoms with Crippen LogP contribution in [0.2, 0.25) is 0 Å². The molecule has 0 radical (unpaired) electrons. The first-order chi connectivity index (χ1) is 16.0. The number of thioether (sulfide) groups is 1. The van der Waals surface area contributed by atoms with Gasteiger partial charge in [-0.15, -0.1) is 11.8 Å². The molecule has 3 aromatic heterocycles. The molecule has 0 aliphatic carbocycles. The number of benzene rings is 1. The van der Waals surface area contributed by atoms with Crippen LogP contribution < -0.4 is 9.64 Å². The van der Waals surface area contributed by atoms with Crippen LogP contribution in [0.3, 0.4) is 0 Å². The molecule has 4 aromatic rings. The molecule has 0 saturated carbocycles. The van der Waals surface area contributed by atoms with E-state index in [-0.39, 0.29) is 17.8 Å². The van der Waals surface area contributed by atoms with Gasteiger partial charge in [-0.2, -0.15) is 4.98 Å². The maximum Gasteiger partial charge on any atom is 0.324 e. The number of fused-ring (bicyclic) bond motifs is 1. The van der Waals surface area contributed by atoms with Crippen LogP contribution in [0, 0.1) is 5.82 Å². The van der Waals surface area contributed by atoms with Crippen LogP contribution in [0.1, 0.15) is 38.4 Å². The minimum atomic E-state index is -0.252. The fourth-order valence-corrected chi connectivity index (χ4v) is 4.51. The zero-order chi connectivity index (χ0) is 22.9. The number of pyridine rings is 1. The van der Waals surface area contributed by atoms with Crippen molar-refractivity contribution in [2.45, 2.75) is 43.6 Å². The number of aromatic nitrogens is 4. The van der Waals surface area contributed by atoms with Gasteiger partial charge in [-0.05, 0) is 36.6 Å². The van der Waals surface area contributed by atoms with Gasteiger partial charge in [0, 0.05) is 48.3 Å². The summed E-state index contributed by atoms with van der Waals surface area (Å²) in [4.78, 5) is 12.0. The van der Waals surface area contributed by atoms with Crippen LogP contribution in [0.25, 0.3) is 16.7 Å². The van der Waals surface area contributed by atoms with Crippen molar-refractivity contribution in [1.82, 2.24) is 19.7 Å². The van der Waals surface area contributed by atoms with Crippen LogP contribution >= 0.6 is 11.8 Å². The van der Waals surface area contributed by atoms with Crippen LogP contribution in [0.5, 0.6) is 5.75 Å². The molecule has 0 unspecified atom stereocenters. The van der Waals surface area contributed by atoms with E-state index < -0.39 is 0 Å². The fraction of sp³-hybridized carbons (Fsp3) is 0.375. The Morgan fingerprint density at radius 2 is 2.00 bits per heavy atom. The standard InChI is InChI=1S/C24H26FN5O2S/c1-15(2)23-27-24(32-28-23)29-9-7-17(8-10-29)31-18-4-5-21(26-14-18)30-11-6-16-12-19(33-3)13-20(25)22(16)30/h4-6,11-15,17H,7-10H2,1-3H3. The van der Waals surface area contributed by atoms with E-state index in [9.17, 15) is 4.39 Å². The van der Waals surface area contributed by atoms with Gasteiger partial charge in [-0.3, -0.25) is 4.57 Å². The van der Waals surface area contributed by atoms with Crippen molar-refractivity contribution in [3.63, 3.8) is 0 Å². The third-order valence-corrected chi connectivity index (χ3v) is 6.58. The lowest BCUT2D eigenvalue weighted by atomic mass is 10.1. The van der Waals surface area contributed by atoms with Crippen molar-refractivity contribution >= 4 is 28.7 Å². The Bertz CT molecular complexity index is 1250. The van der Waals surface area contributed by atoms with Gasteiger partial charge < -0.3 is 14.2 Å². The van der Waals surface area contributed by atoms with Gasteiger partial charge in [0.1, 0.15) is 23.5 Å². The summed E-state index contributed by atoms with van der Waals surface area (Å²) >= 11 is 1.53. The lowest BCUT2D eigenvalue weighted by Crippen LogP contribution is -2.38. The molecule has 1 fully saturated rings. The molecule has 0 spiro atoms. The first-order valence-corrected chi connectivity index (χ1v) is 12.3. The third kappa shape index (κ3) is 4.42. The van der Waals surface area contributed by atoms with Crippen molar-refractivity contribution in [3.05, 3.63) is 54.4 Å². The number of anilines is 1. The zero-order valence-electron chi connectivity index (χ0n) is 18.9. The van der Waals surface area contributed by atoms with Crippen LogP contribution in [0.15, 0.2) is 52.1 Å². The van der Waals surface area contributed by atoms with Gasteiger partial charge in [-0.25, -0.2) is 9.37 Å². The molecule has 1 saturated heterocycles. The van der Waals surface area contributed by atoms with Crippen molar-refractivity contribution in [2.24, 2.45) is 0 Å². The molecule has 0 atom stereocenters. The molecule has 0 amide bonds. The van der Waals surface area contributed by atoms with Crippen molar-refractivity contribution < 1.29 is 13.7 Å². The number of hydrogen-bond donors (Lipinski definition) is 0. The molecule has 1 aliphatic heterocycles. The molecule has 1 aliphatic rings. The predicted molar refractivity (Wildman–Crippen MR) is 127 cm³/mol. The minimum absolute atomic E-state index is 0.0937. The normalized spacial score (nSPS) is 15.0. The smallest absolute Gasteiger partial charge is 0.324 e. The van der Waals surface area contributed by atoms with E-state index in [0.717, 1.165) is 42.0 Å². The highest BCUT2D eigenvalue weighted by molar-refractivity contribution is 7.98. The van der Waals surface area contributed by atoms with E-state index in [4.69, 9.17) is 9.26 Å². The minimum Gasteiger partial charge on any atom is -0.489 e. The number of halogens is 1. The second-order valence-electron chi connectivity index (χ2n) is 8.48. The second kappa shape index (κ2) is 9.05. The number of ether oxygens (including phenoxy) is 1. The van der Waals surface area contributed by atoms with E-state index in [2.05, 4.69) is 20.0 Å². The van der Waals surface area contributed by atoms with Gasteiger partial charge in [0.25, 0.3) is 0 Å². The van der Waals surface area contributed by atoms with E-state index in [1.807, 2.05) is 50.6 Å². The largest absolute Gasteiger partial charge is 0.489 e. The highest BCUT2D eigenvalue weighted by Gasteiger charge is 2.25. The first kappa shape index (κ1) is 21.8. The van der Waals surface area contributed by atoms with Crippen LogP contribution in [0.4, 0.5) is 10.4 Å². The number of hydrogen-bond acceptors (Lipinski definition) is 7. The number of nitrogens with zero attached hydrogens (tertiary/aromatic N) is 5. The Kier molecular flexibility index (Phi) is 5.97. The molecule has 5 rings (SSSR count). The van der Waals surface area contributed by atoms with E-state index in [1.54, 1.807) is 16.8 Å². The monoisotopic (exact) mass is 467 g/mol. The molecule has 4 heterocycles. The van der Waals surface area contributed by atoms with Gasteiger partial charge >= 0.3 is 6.01 Å². The molecule has 7 nitrogen and oxygen atoms in total. The topological polar surface area (TPSA) is 69.2 Å².